The molecule has 0 saturated heterocycles. The molecule has 0 spiro atoms. The summed E-state index contributed by atoms with van der Waals surface area (Å²) in [6.45, 7) is 8.69. The van der Waals surface area contributed by atoms with Crippen LogP contribution in [0.1, 0.15) is 39.2 Å². The van der Waals surface area contributed by atoms with Crippen LogP contribution in [-0.4, -0.2) is 34.8 Å². The Morgan fingerprint density at radius 3 is 2.28 bits per heavy atom. The first-order valence-corrected chi connectivity index (χ1v) is 6.42. The molecular weight excluding hydrogens is 228 g/mol. The Balaban J connectivity index is 2.88. The van der Waals surface area contributed by atoms with E-state index in [1.807, 2.05) is 20.9 Å². The summed E-state index contributed by atoms with van der Waals surface area (Å²) in [5.41, 5.74) is 1.05. The highest BCUT2D eigenvalue weighted by Gasteiger charge is 2.15. The molecule has 0 amide bonds. The van der Waals surface area contributed by atoms with Crippen LogP contribution in [0.3, 0.4) is 0 Å². The molecule has 5 heteroatoms. The van der Waals surface area contributed by atoms with Crippen LogP contribution in [0.5, 0.6) is 0 Å². The molecule has 5 nitrogen and oxygen atoms in total. The quantitative estimate of drug-likeness (QED) is 0.723. The second-order valence-electron chi connectivity index (χ2n) is 5.08. The number of aliphatic hydroxyl groups is 1. The van der Waals surface area contributed by atoms with Crippen LogP contribution in [-0.2, 0) is 0 Å². The molecule has 1 atom stereocenters. The van der Waals surface area contributed by atoms with Crippen molar-refractivity contribution in [2.45, 2.75) is 39.7 Å². The molecule has 3 N–H and O–H groups in total. The Kier molecular flexibility index (Phi) is 5.34. The number of aliphatic hydroxyl groups excluding tert-OH is 1. The Morgan fingerprint density at radius 1 is 1.17 bits per heavy atom. The van der Waals surface area contributed by atoms with E-state index in [4.69, 9.17) is 0 Å². The molecule has 0 aliphatic heterocycles. The van der Waals surface area contributed by atoms with Crippen molar-refractivity contribution in [3.05, 3.63) is 11.9 Å². The topological polar surface area (TPSA) is 70.1 Å². The van der Waals surface area contributed by atoms with Crippen LogP contribution in [0.25, 0.3) is 0 Å². The molecule has 0 radical (unpaired) electrons. The molecule has 0 aliphatic rings. The van der Waals surface area contributed by atoms with Gasteiger partial charge in [-0.05, 0) is 11.8 Å². The van der Waals surface area contributed by atoms with Gasteiger partial charge < -0.3 is 15.7 Å². The molecule has 1 heterocycles. The molecule has 0 fully saturated rings. The highest BCUT2D eigenvalue weighted by atomic mass is 16.3. The van der Waals surface area contributed by atoms with Gasteiger partial charge in [0, 0.05) is 19.2 Å². The third-order valence-corrected chi connectivity index (χ3v) is 2.95. The van der Waals surface area contributed by atoms with Crippen molar-refractivity contribution in [2.24, 2.45) is 5.92 Å². The van der Waals surface area contributed by atoms with Gasteiger partial charge in [0.15, 0.2) is 0 Å². The van der Waals surface area contributed by atoms with Gasteiger partial charge in [0.2, 0.25) is 0 Å². The lowest BCUT2D eigenvalue weighted by Crippen LogP contribution is -2.25. The van der Waals surface area contributed by atoms with Crippen LogP contribution in [0.2, 0.25) is 0 Å². The minimum absolute atomic E-state index is 0.227. The fraction of sp³-hybridized carbons (Fsp3) is 0.692. The third-order valence-electron chi connectivity index (χ3n) is 2.95. The molecular formula is C13H24N4O. The SMILES string of the molecule is CNc1ncnc(NCC(O)C(C)C)c1C(C)C. The van der Waals surface area contributed by atoms with E-state index < -0.39 is 0 Å². The molecule has 0 aromatic carbocycles. The van der Waals surface area contributed by atoms with E-state index in [1.165, 1.54) is 6.33 Å². The fourth-order valence-electron chi connectivity index (χ4n) is 1.72. The molecule has 1 aromatic rings. The molecule has 1 aromatic heterocycles. The van der Waals surface area contributed by atoms with Gasteiger partial charge in [-0.2, -0.15) is 0 Å². The highest BCUT2D eigenvalue weighted by molar-refractivity contribution is 5.58. The van der Waals surface area contributed by atoms with Gasteiger partial charge in [0.05, 0.1) is 6.10 Å². The highest BCUT2D eigenvalue weighted by Crippen LogP contribution is 2.27. The van der Waals surface area contributed by atoms with Crippen molar-refractivity contribution < 1.29 is 5.11 Å². The fourth-order valence-corrected chi connectivity index (χ4v) is 1.72. The van der Waals surface area contributed by atoms with Crippen LogP contribution >= 0.6 is 0 Å². The van der Waals surface area contributed by atoms with E-state index in [9.17, 15) is 5.11 Å². The Bertz CT molecular complexity index is 379. The van der Waals surface area contributed by atoms with Crippen molar-refractivity contribution in [1.82, 2.24) is 9.97 Å². The summed E-state index contributed by atoms with van der Waals surface area (Å²) < 4.78 is 0. The van der Waals surface area contributed by atoms with Crippen molar-refractivity contribution >= 4 is 11.6 Å². The molecule has 1 rings (SSSR count). The first kappa shape index (κ1) is 14.7. The van der Waals surface area contributed by atoms with Gasteiger partial charge in [-0.15, -0.1) is 0 Å². The van der Waals surface area contributed by atoms with Gasteiger partial charge in [0.25, 0.3) is 0 Å². The standard InChI is InChI=1S/C13H24N4O/c1-8(2)10(18)6-15-13-11(9(3)4)12(14-5)16-7-17-13/h7-10,18H,6H2,1-5H3,(H2,14,15,16,17). The Labute approximate surface area is 109 Å². The summed E-state index contributed by atoms with van der Waals surface area (Å²) in [7, 11) is 1.85. The lowest BCUT2D eigenvalue weighted by molar-refractivity contribution is 0.138. The predicted octanol–water partition coefficient (Wildman–Crippen LogP) is 2.07. The van der Waals surface area contributed by atoms with Crippen LogP contribution in [0.15, 0.2) is 6.33 Å². The summed E-state index contributed by atoms with van der Waals surface area (Å²) in [4.78, 5) is 8.48. The van der Waals surface area contributed by atoms with Gasteiger partial charge in [-0.1, -0.05) is 27.7 Å². The van der Waals surface area contributed by atoms with E-state index in [1.54, 1.807) is 0 Å². The van der Waals surface area contributed by atoms with Crippen LogP contribution < -0.4 is 10.6 Å². The zero-order valence-corrected chi connectivity index (χ0v) is 11.9. The number of anilines is 2. The van der Waals surface area contributed by atoms with Crippen molar-refractivity contribution in [1.29, 1.82) is 0 Å². The average molecular weight is 252 g/mol. The summed E-state index contributed by atoms with van der Waals surface area (Å²) in [5, 5.41) is 16.1. The number of nitrogens with one attached hydrogen (secondary N) is 2. The van der Waals surface area contributed by atoms with Crippen LogP contribution in [0.4, 0.5) is 11.6 Å². The van der Waals surface area contributed by atoms with Gasteiger partial charge in [-0.3, -0.25) is 0 Å². The van der Waals surface area contributed by atoms with E-state index in [0.717, 1.165) is 17.2 Å². The second-order valence-corrected chi connectivity index (χ2v) is 5.08. The third kappa shape index (κ3) is 3.57. The summed E-state index contributed by atoms with van der Waals surface area (Å²) in [6, 6.07) is 0. The monoisotopic (exact) mass is 252 g/mol. The van der Waals surface area contributed by atoms with Gasteiger partial charge >= 0.3 is 0 Å². The molecule has 18 heavy (non-hydrogen) atoms. The van der Waals surface area contributed by atoms with E-state index in [-0.39, 0.29) is 12.0 Å². The van der Waals surface area contributed by atoms with E-state index in [2.05, 4.69) is 34.4 Å². The van der Waals surface area contributed by atoms with Gasteiger partial charge in [-0.25, -0.2) is 9.97 Å². The van der Waals surface area contributed by atoms with E-state index in [0.29, 0.717) is 12.5 Å². The molecule has 0 aliphatic carbocycles. The van der Waals surface area contributed by atoms with Crippen LogP contribution in [0, 0.1) is 5.92 Å². The zero-order chi connectivity index (χ0) is 13.7. The van der Waals surface area contributed by atoms with Gasteiger partial charge in [0.1, 0.15) is 18.0 Å². The number of hydrogen-bond donors (Lipinski definition) is 3. The van der Waals surface area contributed by atoms with E-state index >= 15 is 0 Å². The predicted molar refractivity (Wildman–Crippen MR) is 75.0 cm³/mol. The molecule has 102 valence electrons. The Hall–Kier alpha value is -1.36. The first-order chi connectivity index (χ1) is 8.47. The zero-order valence-electron chi connectivity index (χ0n) is 11.9. The largest absolute Gasteiger partial charge is 0.391 e. The van der Waals surface area contributed by atoms with Crippen molar-refractivity contribution in [2.75, 3.05) is 24.2 Å². The smallest absolute Gasteiger partial charge is 0.135 e. The number of aromatic nitrogens is 2. The van der Waals surface area contributed by atoms with Crippen molar-refractivity contribution in [3.8, 4) is 0 Å². The number of rotatable bonds is 6. The van der Waals surface area contributed by atoms with Crippen molar-refractivity contribution in [3.63, 3.8) is 0 Å². The minimum atomic E-state index is -0.377. The maximum absolute atomic E-state index is 9.82. The number of hydrogen-bond acceptors (Lipinski definition) is 5. The molecule has 0 saturated carbocycles. The summed E-state index contributed by atoms with van der Waals surface area (Å²) in [5.74, 6) is 2.17. The molecule has 1 unspecified atom stereocenters. The number of nitrogens with zero attached hydrogens (tertiary/aromatic N) is 2. The second kappa shape index (κ2) is 6.54. The first-order valence-electron chi connectivity index (χ1n) is 6.42. The molecule has 0 bridgehead atoms. The normalized spacial score (nSPS) is 12.9. The Morgan fingerprint density at radius 2 is 1.78 bits per heavy atom. The summed E-state index contributed by atoms with van der Waals surface area (Å²) >= 11 is 0. The average Bonchev–Trinajstić information content (AvgIpc) is 2.34. The lowest BCUT2D eigenvalue weighted by Gasteiger charge is -2.19. The maximum Gasteiger partial charge on any atom is 0.135 e. The summed E-state index contributed by atoms with van der Waals surface area (Å²) in [6.07, 6.45) is 1.15. The maximum atomic E-state index is 9.82. The minimum Gasteiger partial charge on any atom is -0.391 e. The lowest BCUT2D eigenvalue weighted by atomic mass is 10.0.